The van der Waals surface area contributed by atoms with Crippen LogP contribution in [0.25, 0.3) is 0 Å². The fourth-order valence-corrected chi connectivity index (χ4v) is 1.38. The van der Waals surface area contributed by atoms with Crippen LogP contribution < -0.4 is 5.32 Å². The molecule has 1 aliphatic rings. The summed E-state index contributed by atoms with van der Waals surface area (Å²) < 4.78 is 0. The zero-order valence-electron chi connectivity index (χ0n) is 6.27. The van der Waals surface area contributed by atoms with Crippen LogP contribution in [-0.2, 0) is 0 Å². The van der Waals surface area contributed by atoms with Crippen LogP contribution in [0.2, 0.25) is 0 Å². The van der Waals surface area contributed by atoms with Gasteiger partial charge in [0.25, 0.3) is 0 Å². The van der Waals surface area contributed by atoms with Crippen LogP contribution in [0.15, 0.2) is 6.33 Å². The van der Waals surface area contributed by atoms with Crippen molar-refractivity contribution in [2.24, 2.45) is 0 Å². The van der Waals surface area contributed by atoms with E-state index in [0.717, 1.165) is 25.9 Å². The molecule has 0 bridgehead atoms. The number of hydrogen-bond donors (Lipinski definition) is 1. The van der Waals surface area contributed by atoms with Crippen LogP contribution in [0.5, 0.6) is 0 Å². The molecule has 11 heavy (non-hydrogen) atoms. The Hall–Kier alpha value is -0.970. The minimum Gasteiger partial charge on any atom is -0.317 e. The van der Waals surface area contributed by atoms with Crippen molar-refractivity contribution in [1.29, 1.82) is 0 Å². The van der Waals surface area contributed by atoms with Crippen molar-refractivity contribution in [2.45, 2.75) is 18.9 Å². The van der Waals surface area contributed by atoms with Gasteiger partial charge in [-0.25, -0.2) is 0 Å². The SMILES string of the molecule is c1nnn(C2CCNCC2)n1. The molecule has 0 radical (unpaired) electrons. The molecule has 1 saturated heterocycles. The van der Waals surface area contributed by atoms with Gasteiger partial charge in [0.05, 0.1) is 6.04 Å². The number of hydrogen-bond acceptors (Lipinski definition) is 4. The van der Waals surface area contributed by atoms with Crippen molar-refractivity contribution in [3.63, 3.8) is 0 Å². The number of nitrogens with zero attached hydrogens (tertiary/aromatic N) is 4. The highest BCUT2D eigenvalue weighted by Crippen LogP contribution is 2.14. The quantitative estimate of drug-likeness (QED) is 0.596. The largest absolute Gasteiger partial charge is 0.317 e. The molecule has 0 amide bonds. The van der Waals surface area contributed by atoms with Crippen molar-refractivity contribution >= 4 is 0 Å². The first-order valence-corrected chi connectivity index (χ1v) is 3.90. The standard InChI is InChI=1S/C6H11N5/c1-3-7-4-2-6(1)11-9-5-8-10-11/h5-7H,1-4H2. The predicted octanol–water partition coefficient (Wildman–Crippen LogP) is -0.402. The number of rotatable bonds is 1. The zero-order chi connectivity index (χ0) is 7.52. The Morgan fingerprint density at radius 3 is 2.82 bits per heavy atom. The molecule has 0 aliphatic carbocycles. The Morgan fingerprint density at radius 2 is 2.18 bits per heavy atom. The third-order valence-corrected chi connectivity index (χ3v) is 2.00. The Bertz CT molecular complexity index is 201. The van der Waals surface area contributed by atoms with E-state index in [4.69, 9.17) is 0 Å². The van der Waals surface area contributed by atoms with E-state index in [1.165, 1.54) is 6.33 Å². The van der Waals surface area contributed by atoms with Crippen molar-refractivity contribution in [3.05, 3.63) is 6.33 Å². The van der Waals surface area contributed by atoms with Crippen LogP contribution in [0.1, 0.15) is 18.9 Å². The Morgan fingerprint density at radius 1 is 1.36 bits per heavy atom. The summed E-state index contributed by atoms with van der Waals surface area (Å²) >= 11 is 0. The van der Waals surface area contributed by atoms with E-state index in [-0.39, 0.29) is 0 Å². The van der Waals surface area contributed by atoms with E-state index in [9.17, 15) is 0 Å². The second kappa shape index (κ2) is 2.96. The minimum absolute atomic E-state index is 0.457. The molecule has 0 unspecified atom stereocenters. The van der Waals surface area contributed by atoms with Gasteiger partial charge < -0.3 is 5.32 Å². The first-order valence-electron chi connectivity index (χ1n) is 3.90. The second-order valence-electron chi connectivity index (χ2n) is 2.74. The molecule has 1 aromatic rings. The molecule has 0 saturated carbocycles. The summed E-state index contributed by atoms with van der Waals surface area (Å²) in [6.45, 7) is 2.12. The average Bonchev–Trinajstić information content (AvgIpc) is 2.58. The summed E-state index contributed by atoms with van der Waals surface area (Å²) in [5.41, 5.74) is 0. The van der Waals surface area contributed by atoms with Crippen molar-refractivity contribution in [3.8, 4) is 0 Å². The van der Waals surface area contributed by atoms with Gasteiger partial charge in [0.1, 0.15) is 0 Å². The first kappa shape index (κ1) is 6.72. The Labute approximate surface area is 64.8 Å². The topological polar surface area (TPSA) is 55.6 Å². The van der Waals surface area contributed by atoms with E-state index in [1.807, 2.05) is 0 Å². The molecule has 5 heteroatoms. The smallest absolute Gasteiger partial charge is 0.162 e. The van der Waals surface area contributed by atoms with Gasteiger partial charge in [0.15, 0.2) is 6.33 Å². The molecule has 1 aromatic heterocycles. The molecule has 60 valence electrons. The molecule has 0 atom stereocenters. The summed E-state index contributed by atoms with van der Waals surface area (Å²) in [6, 6.07) is 0.457. The summed E-state index contributed by atoms with van der Waals surface area (Å²) in [5, 5.41) is 14.8. The highest BCUT2D eigenvalue weighted by Gasteiger charge is 2.15. The van der Waals surface area contributed by atoms with E-state index in [0.29, 0.717) is 6.04 Å². The van der Waals surface area contributed by atoms with E-state index in [1.54, 1.807) is 4.80 Å². The molecule has 1 fully saturated rings. The number of nitrogens with one attached hydrogen (secondary N) is 1. The summed E-state index contributed by atoms with van der Waals surface area (Å²) in [7, 11) is 0. The van der Waals surface area contributed by atoms with Crippen LogP contribution in [0.4, 0.5) is 0 Å². The fourth-order valence-electron chi connectivity index (χ4n) is 1.38. The Balaban J connectivity index is 2.04. The molecule has 1 N–H and O–H groups in total. The lowest BCUT2D eigenvalue weighted by Crippen LogP contribution is -2.30. The van der Waals surface area contributed by atoms with Gasteiger partial charge >= 0.3 is 0 Å². The van der Waals surface area contributed by atoms with Gasteiger partial charge in [-0.1, -0.05) is 0 Å². The number of tetrazole rings is 1. The van der Waals surface area contributed by atoms with Gasteiger partial charge in [-0.3, -0.25) is 0 Å². The lowest BCUT2D eigenvalue weighted by Gasteiger charge is -2.20. The summed E-state index contributed by atoms with van der Waals surface area (Å²) in [5.74, 6) is 0. The monoisotopic (exact) mass is 153 g/mol. The maximum Gasteiger partial charge on any atom is 0.162 e. The van der Waals surface area contributed by atoms with E-state index in [2.05, 4.69) is 20.7 Å². The van der Waals surface area contributed by atoms with Crippen LogP contribution in [0, 0.1) is 0 Å². The first-order chi connectivity index (χ1) is 5.47. The summed E-state index contributed by atoms with van der Waals surface area (Å²) in [4.78, 5) is 1.71. The lowest BCUT2D eigenvalue weighted by molar-refractivity contribution is 0.309. The van der Waals surface area contributed by atoms with Gasteiger partial charge in [-0.15, -0.1) is 10.2 Å². The second-order valence-corrected chi connectivity index (χ2v) is 2.74. The van der Waals surface area contributed by atoms with Gasteiger partial charge in [0, 0.05) is 0 Å². The van der Waals surface area contributed by atoms with E-state index >= 15 is 0 Å². The highest BCUT2D eigenvalue weighted by atomic mass is 15.6. The van der Waals surface area contributed by atoms with Crippen LogP contribution >= 0.6 is 0 Å². The summed E-state index contributed by atoms with van der Waals surface area (Å²) in [6.07, 6.45) is 3.70. The van der Waals surface area contributed by atoms with Crippen molar-refractivity contribution in [2.75, 3.05) is 13.1 Å². The highest BCUT2D eigenvalue weighted by molar-refractivity contribution is 4.69. The van der Waals surface area contributed by atoms with Gasteiger partial charge in [-0.05, 0) is 31.1 Å². The number of piperidine rings is 1. The minimum atomic E-state index is 0.457. The molecular weight excluding hydrogens is 142 g/mol. The molecule has 0 spiro atoms. The van der Waals surface area contributed by atoms with Gasteiger partial charge in [-0.2, -0.15) is 4.80 Å². The molecule has 5 nitrogen and oxygen atoms in total. The van der Waals surface area contributed by atoms with Crippen LogP contribution in [0.3, 0.4) is 0 Å². The molecule has 0 aromatic carbocycles. The van der Waals surface area contributed by atoms with Crippen molar-refractivity contribution in [1.82, 2.24) is 25.5 Å². The predicted molar refractivity (Wildman–Crippen MR) is 39.0 cm³/mol. The molecule has 2 rings (SSSR count). The fraction of sp³-hybridized carbons (Fsp3) is 0.833. The third-order valence-electron chi connectivity index (χ3n) is 2.00. The average molecular weight is 153 g/mol. The van der Waals surface area contributed by atoms with E-state index < -0.39 is 0 Å². The van der Waals surface area contributed by atoms with Crippen molar-refractivity contribution < 1.29 is 0 Å². The maximum atomic E-state index is 4.01. The third kappa shape index (κ3) is 1.37. The lowest BCUT2D eigenvalue weighted by atomic mass is 10.1. The zero-order valence-corrected chi connectivity index (χ0v) is 6.27. The Kier molecular flexibility index (Phi) is 1.81. The van der Waals surface area contributed by atoms with Crippen LogP contribution in [-0.4, -0.2) is 33.3 Å². The molecular formula is C6H11N5. The number of aromatic nitrogens is 4. The normalized spacial score (nSPS) is 20.4. The van der Waals surface area contributed by atoms with Gasteiger partial charge in [0.2, 0.25) is 0 Å². The molecule has 2 heterocycles. The maximum absolute atomic E-state index is 4.01. The molecule has 1 aliphatic heterocycles.